The molecule has 0 saturated carbocycles. The topological polar surface area (TPSA) is 98.2 Å². The van der Waals surface area contributed by atoms with Crippen molar-refractivity contribution in [1.29, 1.82) is 0 Å². The highest BCUT2D eigenvalue weighted by atomic mass is 35.5. The van der Waals surface area contributed by atoms with Crippen LogP contribution in [0.4, 0.5) is 0 Å². The summed E-state index contributed by atoms with van der Waals surface area (Å²) >= 11 is 11.9. The van der Waals surface area contributed by atoms with Crippen molar-refractivity contribution in [2.24, 2.45) is 5.10 Å². The van der Waals surface area contributed by atoms with Crippen molar-refractivity contribution in [3.8, 4) is 17.2 Å². The first-order chi connectivity index (χ1) is 14.4. The van der Waals surface area contributed by atoms with Crippen LogP contribution < -0.4 is 25.0 Å². The van der Waals surface area contributed by atoms with Crippen LogP contribution in [0.2, 0.25) is 10.0 Å². The number of nitrogens with one attached hydrogen (secondary N) is 2. The highest BCUT2D eigenvalue weighted by molar-refractivity contribution is 6.43. The van der Waals surface area contributed by atoms with Gasteiger partial charge in [0.05, 0.1) is 37.6 Å². The lowest BCUT2D eigenvalue weighted by Gasteiger charge is -2.14. The van der Waals surface area contributed by atoms with Gasteiger partial charge in [-0.05, 0) is 30.2 Å². The van der Waals surface area contributed by atoms with Gasteiger partial charge in [-0.2, -0.15) is 5.10 Å². The van der Waals surface area contributed by atoms with Gasteiger partial charge in [0.15, 0.2) is 11.5 Å². The Balaban J connectivity index is 1.89. The molecule has 0 fully saturated rings. The van der Waals surface area contributed by atoms with Gasteiger partial charge in [0.25, 0.3) is 0 Å². The maximum Gasteiger partial charge on any atom is 0.329 e. The highest BCUT2D eigenvalue weighted by Gasteiger charge is 2.15. The van der Waals surface area contributed by atoms with E-state index in [0.717, 1.165) is 5.56 Å². The Morgan fingerprint density at radius 2 is 1.70 bits per heavy atom. The maximum atomic E-state index is 11.9. The van der Waals surface area contributed by atoms with Crippen molar-refractivity contribution in [2.45, 2.75) is 6.42 Å². The van der Waals surface area contributed by atoms with E-state index < -0.39 is 11.8 Å². The molecule has 0 spiro atoms. The zero-order valence-corrected chi connectivity index (χ0v) is 18.1. The highest BCUT2D eigenvalue weighted by Crippen LogP contribution is 2.38. The van der Waals surface area contributed by atoms with Gasteiger partial charge in [0.2, 0.25) is 5.75 Å². The van der Waals surface area contributed by atoms with Crippen molar-refractivity contribution in [3.63, 3.8) is 0 Å². The van der Waals surface area contributed by atoms with Crippen molar-refractivity contribution >= 4 is 41.2 Å². The Labute approximate surface area is 184 Å². The van der Waals surface area contributed by atoms with E-state index in [1.807, 2.05) is 0 Å². The number of amides is 2. The summed E-state index contributed by atoms with van der Waals surface area (Å²) in [4.78, 5) is 23.8. The molecule has 0 saturated heterocycles. The van der Waals surface area contributed by atoms with E-state index in [1.165, 1.54) is 27.5 Å². The van der Waals surface area contributed by atoms with Crippen LogP contribution in [0.5, 0.6) is 17.2 Å². The predicted molar refractivity (Wildman–Crippen MR) is 115 cm³/mol. The Hall–Kier alpha value is -2.97. The summed E-state index contributed by atoms with van der Waals surface area (Å²) in [6.45, 7) is 0.217. The molecular weight excluding hydrogens is 433 g/mol. The van der Waals surface area contributed by atoms with E-state index >= 15 is 0 Å². The lowest BCUT2D eigenvalue weighted by Crippen LogP contribution is -2.38. The molecule has 8 nitrogen and oxygen atoms in total. The number of methoxy groups -OCH3 is 3. The molecule has 0 radical (unpaired) electrons. The number of nitrogens with zero attached hydrogens (tertiary/aromatic N) is 1. The molecule has 0 aliphatic carbocycles. The van der Waals surface area contributed by atoms with Gasteiger partial charge in [-0.15, -0.1) is 0 Å². The third-order valence-corrected chi connectivity index (χ3v) is 4.81. The molecule has 2 aromatic carbocycles. The van der Waals surface area contributed by atoms with Crippen LogP contribution in [0.15, 0.2) is 35.4 Å². The second-order valence-corrected chi connectivity index (χ2v) is 6.67. The van der Waals surface area contributed by atoms with Crippen molar-refractivity contribution < 1.29 is 23.8 Å². The van der Waals surface area contributed by atoms with Crippen LogP contribution in [0.3, 0.4) is 0 Å². The van der Waals surface area contributed by atoms with Crippen LogP contribution in [-0.4, -0.2) is 45.9 Å². The number of hydrogen-bond acceptors (Lipinski definition) is 6. The fraction of sp³-hybridized carbons (Fsp3) is 0.250. The molecule has 0 heterocycles. The minimum Gasteiger partial charge on any atom is -0.493 e. The van der Waals surface area contributed by atoms with E-state index in [-0.39, 0.29) is 6.54 Å². The molecule has 0 atom stereocenters. The normalized spacial score (nSPS) is 10.6. The van der Waals surface area contributed by atoms with E-state index in [4.69, 9.17) is 37.4 Å². The lowest BCUT2D eigenvalue weighted by atomic mass is 10.1. The summed E-state index contributed by atoms with van der Waals surface area (Å²) in [5, 5.41) is 6.89. The molecule has 0 aliphatic rings. The molecule has 2 N–H and O–H groups in total. The van der Waals surface area contributed by atoms with Gasteiger partial charge in [-0.25, -0.2) is 5.43 Å². The number of ether oxygens (including phenoxy) is 3. The van der Waals surface area contributed by atoms with Crippen molar-refractivity contribution in [3.05, 3.63) is 51.5 Å². The Kier molecular flexibility index (Phi) is 8.76. The minimum absolute atomic E-state index is 0.217. The summed E-state index contributed by atoms with van der Waals surface area (Å²) in [7, 11) is 4.55. The third kappa shape index (κ3) is 6.01. The van der Waals surface area contributed by atoms with Crippen LogP contribution in [0, 0.1) is 0 Å². The summed E-state index contributed by atoms with van der Waals surface area (Å²) < 4.78 is 15.9. The van der Waals surface area contributed by atoms with Gasteiger partial charge >= 0.3 is 11.8 Å². The minimum atomic E-state index is -0.908. The molecule has 30 heavy (non-hydrogen) atoms. The Morgan fingerprint density at radius 1 is 1.03 bits per heavy atom. The van der Waals surface area contributed by atoms with E-state index in [2.05, 4.69) is 15.8 Å². The van der Waals surface area contributed by atoms with Crippen LogP contribution in [-0.2, 0) is 16.0 Å². The zero-order valence-electron chi connectivity index (χ0n) is 16.6. The van der Waals surface area contributed by atoms with E-state index in [0.29, 0.717) is 39.3 Å². The summed E-state index contributed by atoms with van der Waals surface area (Å²) in [5.74, 6) is -0.245. The monoisotopic (exact) mass is 453 g/mol. The first kappa shape index (κ1) is 23.3. The number of carbonyl (C=O) groups excluding carboxylic acids is 2. The van der Waals surface area contributed by atoms with Gasteiger partial charge in [0.1, 0.15) is 0 Å². The molecule has 0 aliphatic heterocycles. The standard InChI is InChI=1S/C20H21Cl2N3O5/c1-28-15-9-12(10-16(29-2)18(15)30-3)7-8-23-19(26)20(27)25-24-11-13-5-4-6-14(21)17(13)22/h4-6,9-11H,7-8H2,1-3H3,(H,23,26)(H,25,27)/b24-11-. The van der Waals surface area contributed by atoms with Gasteiger partial charge in [-0.3, -0.25) is 9.59 Å². The maximum absolute atomic E-state index is 11.9. The average Bonchev–Trinajstić information content (AvgIpc) is 2.75. The predicted octanol–water partition coefficient (Wildman–Crippen LogP) is 2.83. The molecule has 0 aromatic heterocycles. The third-order valence-electron chi connectivity index (χ3n) is 3.98. The second kappa shape index (κ2) is 11.3. The Bertz CT molecular complexity index is 925. The summed E-state index contributed by atoms with van der Waals surface area (Å²) in [6.07, 6.45) is 1.74. The average molecular weight is 454 g/mol. The smallest absolute Gasteiger partial charge is 0.329 e. The summed E-state index contributed by atoms with van der Waals surface area (Å²) in [6, 6.07) is 8.52. The SMILES string of the molecule is COc1cc(CCNC(=O)C(=O)N/N=C\c2cccc(Cl)c2Cl)cc(OC)c1OC. The van der Waals surface area contributed by atoms with Gasteiger partial charge < -0.3 is 19.5 Å². The molecule has 0 unspecified atom stereocenters. The first-order valence-electron chi connectivity index (χ1n) is 8.75. The molecule has 2 aromatic rings. The molecular formula is C20H21Cl2N3O5. The van der Waals surface area contributed by atoms with E-state index in [9.17, 15) is 9.59 Å². The molecule has 2 rings (SSSR count). The fourth-order valence-electron chi connectivity index (χ4n) is 2.51. The molecule has 160 valence electrons. The molecule has 10 heteroatoms. The van der Waals surface area contributed by atoms with Gasteiger partial charge in [0, 0.05) is 12.1 Å². The number of rotatable bonds is 8. The van der Waals surface area contributed by atoms with E-state index in [1.54, 1.807) is 30.3 Å². The number of benzene rings is 2. The van der Waals surface area contributed by atoms with Crippen molar-refractivity contribution in [1.82, 2.24) is 10.7 Å². The number of hydrazone groups is 1. The van der Waals surface area contributed by atoms with Crippen LogP contribution in [0.25, 0.3) is 0 Å². The first-order valence-corrected chi connectivity index (χ1v) is 9.51. The molecule has 0 bridgehead atoms. The largest absolute Gasteiger partial charge is 0.493 e. The quantitative estimate of drug-likeness (QED) is 0.363. The van der Waals surface area contributed by atoms with Crippen LogP contribution >= 0.6 is 23.2 Å². The zero-order chi connectivity index (χ0) is 22.1. The van der Waals surface area contributed by atoms with Crippen molar-refractivity contribution in [2.75, 3.05) is 27.9 Å². The lowest BCUT2D eigenvalue weighted by molar-refractivity contribution is -0.139. The second-order valence-electron chi connectivity index (χ2n) is 5.88. The van der Waals surface area contributed by atoms with Crippen LogP contribution in [0.1, 0.15) is 11.1 Å². The number of carbonyl (C=O) groups is 2. The fourth-order valence-corrected chi connectivity index (χ4v) is 2.87. The van der Waals surface area contributed by atoms with Gasteiger partial charge in [-0.1, -0.05) is 35.3 Å². The number of hydrogen-bond donors (Lipinski definition) is 2. The molecule has 2 amide bonds. The summed E-state index contributed by atoms with van der Waals surface area (Å²) in [5.41, 5.74) is 3.48. The number of halogens is 2. The Morgan fingerprint density at radius 3 is 2.30 bits per heavy atom.